The number of benzene rings is 2. The molecule has 2 aromatic carbocycles. The van der Waals surface area contributed by atoms with E-state index in [1.54, 1.807) is 17.0 Å². The van der Waals surface area contributed by atoms with Crippen LogP contribution in [0, 0.1) is 0 Å². The average molecular weight is 449 g/mol. The van der Waals surface area contributed by atoms with Crippen molar-refractivity contribution in [3.05, 3.63) is 66.2 Å². The standard InChI is InChI=1S/C21H25ClN4O3S/c1-3-11-24(2)30(28,29)20-9-7-18(8-10-20)23-21(27)26-14-12-25(13-15-26)19-6-4-5-17(22)16-19/h3-10,16H,1,11-15H2,2H3,(H,23,27). The number of nitrogens with zero attached hydrogens (tertiary/aromatic N) is 3. The highest BCUT2D eigenvalue weighted by atomic mass is 35.5. The third-order valence-corrected chi connectivity index (χ3v) is 7.01. The number of nitrogens with one attached hydrogen (secondary N) is 1. The summed E-state index contributed by atoms with van der Waals surface area (Å²) in [5.74, 6) is 0. The third-order valence-electron chi connectivity index (χ3n) is 4.94. The number of hydrogen-bond acceptors (Lipinski definition) is 4. The molecule has 0 saturated carbocycles. The van der Waals surface area contributed by atoms with Gasteiger partial charge in [0.2, 0.25) is 10.0 Å². The molecule has 1 N–H and O–H groups in total. The number of sulfonamides is 1. The minimum atomic E-state index is -3.58. The van der Waals surface area contributed by atoms with Crippen molar-refractivity contribution in [1.29, 1.82) is 0 Å². The fourth-order valence-corrected chi connectivity index (χ4v) is 4.54. The van der Waals surface area contributed by atoms with Gasteiger partial charge in [0.1, 0.15) is 0 Å². The second kappa shape index (κ2) is 9.51. The molecule has 1 fully saturated rings. The van der Waals surface area contributed by atoms with Crippen LogP contribution in [0.2, 0.25) is 5.02 Å². The number of rotatable bonds is 6. The lowest BCUT2D eigenvalue weighted by Crippen LogP contribution is -2.50. The summed E-state index contributed by atoms with van der Waals surface area (Å²) < 4.78 is 26.1. The van der Waals surface area contributed by atoms with Crippen LogP contribution in [0.3, 0.4) is 0 Å². The maximum atomic E-state index is 12.6. The van der Waals surface area contributed by atoms with Gasteiger partial charge in [-0.05, 0) is 42.5 Å². The van der Waals surface area contributed by atoms with Crippen molar-refractivity contribution in [2.24, 2.45) is 0 Å². The predicted octanol–water partition coefficient (Wildman–Crippen LogP) is 3.50. The van der Waals surface area contributed by atoms with E-state index in [9.17, 15) is 13.2 Å². The normalized spacial score (nSPS) is 14.6. The summed E-state index contributed by atoms with van der Waals surface area (Å²) in [6.07, 6.45) is 1.53. The van der Waals surface area contributed by atoms with E-state index < -0.39 is 10.0 Å². The lowest BCUT2D eigenvalue weighted by atomic mass is 10.2. The smallest absolute Gasteiger partial charge is 0.321 e. The molecule has 1 saturated heterocycles. The van der Waals surface area contributed by atoms with Crippen LogP contribution in [0.1, 0.15) is 0 Å². The van der Waals surface area contributed by atoms with Crippen molar-refractivity contribution in [2.75, 3.05) is 50.0 Å². The van der Waals surface area contributed by atoms with E-state index in [1.165, 1.54) is 29.6 Å². The Morgan fingerprint density at radius 2 is 1.83 bits per heavy atom. The van der Waals surface area contributed by atoms with Gasteiger partial charge in [0.25, 0.3) is 0 Å². The molecule has 2 aromatic rings. The Balaban J connectivity index is 1.57. The maximum Gasteiger partial charge on any atom is 0.321 e. The topological polar surface area (TPSA) is 73.0 Å². The van der Waals surface area contributed by atoms with Crippen LogP contribution in [-0.4, -0.2) is 63.4 Å². The third kappa shape index (κ3) is 5.13. The molecule has 1 heterocycles. The summed E-state index contributed by atoms with van der Waals surface area (Å²) >= 11 is 6.06. The zero-order chi connectivity index (χ0) is 21.7. The largest absolute Gasteiger partial charge is 0.368 e. The molecule has 30 heavy (non-hydrogen) atoms. The van der Waals surface area contributed by atoms with Crippen molar-refractivity contribution < 1.29 is 13.2 Å². The monoisotopic (exact) mass is 448 g/mol. The molecule has 1 aliphatic rings. The zero-order valence-electron chi connectivity index (χ0n) is 16.8. The number of piperazine rings is 1. The minimum absolute atomic E-state index is 0.167. The quantitative estimate of drug-likeness (QED) is 0.686. The van der Waals surface area contributed by atoms with Crippen molar-refractivity contribution in [3.8, 4) is 0 Å². The van der Waals surface area contributed by atoms with E-state index in [0.717, 1.165) is 5.69 Å². The van der Waals surface area contributed by atoms with E-state index in [0.29, 0.717) is 36.9 Å². The number of carbonyl (C=O) groups is 1. The Kier molecular flexibility index (Phi) is 7.02. The molecule has 160 valence electrons. The highest BCUT2D eigenvalue weighted by Crippen LogP contribution is 2.21. The molecule has 3 rings (SSSR count). The first-order valence-corrected chi connectivity index (χ1v) is 11.4. The van der Waals surface area contributed by atoms with Gasteiger partial charge < -0.3 is 15.1 Å². The SMILES string of the molecule is C=CCN(C)S(=O)(=O)c1ccc(NC(=O)N2CCN(c3cccc(Cl)c3)CC2)cc1. The lowest BCUT2D eigenvalue weighted by Gasteiger charge is -2.36. The summed E-state index contributed by atoms with van der Waals surface area (Å²) in [5, 5.41) is 3.52. The molecule has 9 heteroatoms. The first-order chi connectivity index (χ1) is 14.3. The molecule has 7 nitrogen and oxygen atoms in total. The average Bonchev–Trinajstić information content (AvgIpc) is 2.74. The summed E-state index contributed by atoms with van der Waals surface area (Å²) in [4.78, 5) is 16.7. The first-order valence-electron chi connectivity index (χ1n) is 9.55. The fraction of sp³-hybridized carbons (Fsp3) is 0.286. The molecule has 0 radical (unpaired) electrons. The Labute approximate surface area is 182 Å². The predicted molar refractivity (Wildman–Crippen MR) is 121 cm³/mol. The summed E-state index contributed by atoms with van der Waals surface area (Å²) in [5.41, 5.74) is 1.59. The van der Waals surface area contributed by atoms with Crippen LogP contribution in [0.15, 0.2) is 66.1 Å². The van der Waals surface area contributed by atoms with Crippen LogP contribution >= 0.6 is 11.6 Å². The molecule has 0 unspecified atom stereocenters. The molecule has 0 atom stereocenters. The van der Waals surface area contributed by atoms with Crippen molar-refractivity contribution in [2.45, 2.75) is 4.90 Å². The number of urea groups is 1. The van der Waals surface area contributed by atoms with Gasteiger partial charge in [-0.2, -0.15) is 4.31 Å². The van der Waals surface area contributed by atoms with Gasteiger partial charge in [-0.3, -0.25) is 0 Å². The number of halogens is 1. The molecular weight excluding hydrogens is 424 g/mol. The Morgan fingerprint density at radius 3 is 2.43 bits per heavy atom. The van der Waals surface area contributed by atoms with Gasteiger partial charge in [0.05, 0.1) is 4.90 Å². The summed E-state index contributed by atoms with van der Waals surface area (Å²) in [6, 6.07) is 13.6. The van der Waals surface area contributed by atoms with Crippen LogP contribution < -0.4 is 10.2 Å². The molecule has 0 spiro atoms. The summed E-state index contributed by atoms with van der Waals surface area (Å²) in [6.45, 7) is 6.36. The Hall–Kier alpha value is -2.55. The second-order valence-corrected chi connectivity index (χ2v) is 9.46. The first kappa shape index (κ1) is 22.1. The molecule has 1 aliphatic heterocycles. The van der Waals surface area contributed by atoms with Gasteiger partial charge in [0.15, 0.2) is 0 Å². The number of amides is 2. The number of likely N-dealkylation sites (N-methyl/N-ethyl adjacent to an activating group) is 1. The van der Waals surface area contributed by atoms with Gasteiger partial charge in [-0.15, -0.1) is 6.58 Å². The van der Waals surface area contributed by atoms with Crippen LogP contribution in [-0.2, 0) is 10.0 Å². The van der Waals surface area contributed by atoms with Crippen LogP contribution in [0.25, 0.3) is 0 Å². The van der Waals surface area contributed by atoms with E-state index in [4.69, 9.17) is 11.6 Å². The van der Waals surface area contributed by atoms with Crippen LogP contribution in [0.5, 0.6) is 0 Å². The van der Waals surface area contributed by atoms with Crippen molar-refractivity contribution >= 4 is 39.0 Å². The highest BCUT2D eigenvalue weighted by Gasteiger charge is 2.22. The number of hydrogen-bond donors (Lipinski definition) is 1. The zero-order valence-corrected chi connectivity index (χ0v) is 18.4. The Bertz CT molecular complexity index is 1000. The van der Waals surface area contributed by atoms with E-state index in [2.05, 4.69) is 16.8 Å². The van der Waals surface area contributed by atoms with Gasteiger partial charge in [-0.1, -0.05) is 23.7 Å². The van der Waals surface area contributed by atoms with Crippen molar-refractivity contribution in [3.63, 3.8) is 0 Å². The molecule has 2 amide bonds. The molecule has 0 aromatic heterocycles. The van der Waals surface area contributed by atoms with E-state index in [1.807, 2.05) is 24.3 Å². The second-order valence-electron chi connectivity index (χ2n) is 6.98. The van der Waals surface area contributed by atoms with E-state index in [-0.39, 0.29) is 17.5 Å². The fourth-order valence-electron chi connectivity index (χ4n) is 3.21. The number of anilines is 2. The van der Waals surface area contributed by atoms with Gasteiger partial charge in [0, 0.05) is 56.2 Å². The van der Waals surface area contributed by atoms with Gasteiger partial charge >= 0.3 is 6.03 Å². The number of carbonyl (C=O) groups excluding carboxylic acids is 1. The molecular formula is C21H25ClN4O3S. The molecule has 0 bridgehead atoms. The summed E-state index contributed by atoms with van der Waals surface area (Å²) in [7, 11) is -2.08. The Morgan fingerprint density at radius 1 is 1.17 bits per heavy atom. The minimum Gasteiger partial charge on any atom is -0.368 e. The van der Waals surface area contributed by atoms with Crippen molar-refractivity contribution in [1.82, 2.24) is 9.21 Å². The lowest BCUT2D eigenvalue weighted by molar-refractivity contribution is 0.208. The highest BCUT2D eigenvalue weighted by molar-refractivity contribution is 7.89. The molecule has 0 aliphatic carbocycles. The van der Waals surface area contributed by atoms with Crippen LogP contribution in [0.4, 0.5) is 16.2 Å². The maximum absolute atomic E-state index is 12.6. The van der Waals surface area contributed by atoms with E-state index >= 15 is 0 Å². The van der Waals surface area contributed by atoms with Gasteiger partial charge in [-0.25, -0.2) is 13.2 Å².